The molecule has 0 N–H and O–H groups in total. The van der Waals surface area contributed by atoms with Crippen molar-refractivity contribution in [1.82, 2.24) is 9.80 Å². The number of hydrogen-bond acceptors (Lipinski definition) is 5. The van der Waals surface area contributed by atoms with Crippen molar-refractivity contribution >= 4 is 11.6 Å². The number of rotatable bonds is 6. The van der Waals surface area contributed by atoms with Gasteiger partial charge in [-0.3, -0.25) is 19.8 Å². The zero-order chi connectivity index (χ0) is 16.2. The zero-order valence-corrected chi connectivity index (χ0v) is 13.0. The van der Waals surface area contributed by atoms with E-state index in [-0.39, 0.29) is 11.6 Å². The summed E-state index contributed by atoms with van der Waals surface area (Å²) in [5.74, 6) is 0.141. The Morgan fingerprint density at radius 1 is 1.26 bits per heavy atom. The molecular formula is C16H21N3O4. The van der Waals surface area contributed by atoms with Gasteiger partial charge in [0.1, 0.15) is 0 Å². The smallest absolute Gasteiger partial charge is 0.269 e. The summed E-state index contributed by atoms with van der Waals surface area (Å²) in [6.45, 7) is 3.60. The van der Waals surface area contributed by atoms with Gasteiger partial charge < -0.3 is 9.64 Å². The second-order valence-electron chi connectivity index (χ2n) is 6.05. The fraction of sp³-hybridized carbons (Fsp3) is 0.562. The molecule has 0 atom stereocenters. The van der Waals surface area contributed by atoms with Crippen LogP contribution in [0.25, 0.3) is 0 Å². The van der Waals surface area contributed by atoms with Crippen molar-refractivity contribution in [2.45, 2.75) is 25.4 Å². The number of carbonyl (C=O) groups excluding carboxylic acids is 1. The van der Waals surface area contributed by atoms with E-state index >= 15 is 0 Å². The molecule has 0 radical (unpaired) electrons. The molecule has 0 spiro atoms. The summed E-state index contributed by atoms with van der Waals surface area (Å²) >= 11 is 0. The summed E-state index contributed by atoms with van der Waals surface area (Å²) in [6, 6.07) is 7.03. The average molecular weight is 319 g/mol. The van der Waals surface area contributed by atoms with Crippen molar-refractivity contribution in [1.29, 1.82) is 0 Å². The lowest BCUT2D eigenvalue weighted by Crippen LogP contribution is -2.46. The highest BCUT2D eigenvalue weighted by Crippen LogP contribution is 2.28. The number of nitrogens with zero attached hydrogens (tertiary/aromatic N) is 3. The number of nitro groups is 1. The van der Waals surface area contributed by atoms with Gasteiger partial charge in [-0.1, -0.05) is 12.1 Å². The topological polar surface area (TPSA) is 75.9 Å². The van der Waals surface area contributed by atoms with E-state index in [1.54, 1.807) is 12.1 Å². The van der Waals surface area contributed by atoms with Crippen LogP contribution in [-0.4, -0.2) is 59.5 Å². The van der Waals surface area contributed by atoms with Gasteiger partial charge in [0.05, 0.1) is 24.7 Å². The standard InChI is InChI=1S/C16H21N3O4/c20-16(17-7-9-23-10-8-17)12-18(14-5-6-14)11-13-1-3-15(4-2-13)19(21)22/h1-4,14H,5-12H2. The summed E-state index contributed by atoms with van der Waals surface area (Å²) in [7, 11) is 0. The lowest BCUT2D eigenvalue weighted by atomic mass is 10.2. The number of carbonyl (C=O) groups is 1. The number of nitro benzene ring substituents is 1. The van der Waals surface area contributed by atoms with E-state index in [4.69, 9.17) is 4.74 Å². The van der Waals surface area contributed by atoms with E-state index in [1.165, 1.54) is 12.1 Å². The maximum Gasteiger partial charge on any atom is 0.269 e. The van der Waals surface area contributed by atoms with Gasteiger partial charge in [-0.15, -0.1) is 0 Å². The van der Waals surface area contributed by atoms with Gasteiger partial charge in [-0.25, -0.2) is 0 Å². The van der Waals surface area contributed by atoms with Crippen LogP contribution in [0.4, 0.5) is 5.69 Å². The van der Waals surface area contributed by atoms with E-state index in [1.807, 2.05) is 4.90 Å². The molecule has 2 fully saturated rings. The molecular weight excluding hydrogens is 298 g/mol. The minimum absolute atomic E-state index is 0.0936. The van der Waals surface area contributed by atoms with Gasteiger partial charge in [0, 0.05) is 37.8 Å². The maximum atomic E-state index is 12.4. The van der Waals surface area contributed by atoms with E-state index < -0.39 is 4.92 Å². The average Bonchev–Trinajstić information content (AvgIpc) is 3.40. The van der Waals surface area contributed by atoms with Gasteiger partial charge in [0.2, 0.25) is 5.91 Å². The monoisotopic (exact) mass is 319 g/mol. The van der Waals surface area contributed by atoms with Gasteiger partial charge in [-0.05, 0) is 18.4 Å². The predicted octanol–water partition coefficient (Wildman–Crippen LogP) is 1.42. The third kappa shape index (κ3) is 4.27. The molecule has 124 valence electrons. The highest BCUT2D eigenvalue weighted by atomic mass is 16.6. The van der Waals surface area contributed by atoms with Crippen molar-refractivity contribution in [3.05, 3.63) is 39.9 Å². The number of hydrogen-bond donors (Lipinski definition) is 0. The van der Waals surface area contributed by atoms with Gasteiger partial charge in [-0.2, -0.15) is 0 Å². The zero-order valence-electron chi connectivity index (χ0n) is 13.0. The van der Waals surface area contributed by atoms with Gasteiger partial charge in [0.15, 0.2) is 0 Å². The van der Waals surface area contributed by atoms with E-state index in [2.05, 4.69) is 4.90 Å². The molecule has 1 aliphatic heterocycles. The number of amides is 1. The van der Waals surface area contributed by atoms with E-state index in [9.17, 15) is 14.9 Å². The Hall–Kier alpha value is -1.99. The Kier molecular flexibility index (Phi) is 4.88. The van der Waals surface area contributed by atoms with Crippen LogP contribution in [0.2, 0.25) is 0 Å². The molecule has 1 amide bonds. The van der Waals surface area contributed by atoms with Crippen LogP contribution in [0.5, 0.6) is 0 Å². The predicted molar refractivity (Wildman–Crippen MR) is 83.9 cm³/mol. The number of morpholine rings is 1. The fourth-order valence-corrected chi connectivity index (χ4v) is 2.80. The summed E-state index contributed by atoms with van der Waals surface area (Å²) in [4.78, 5) is 26.8. The molecule has 0 bridgehead atoms. The molecule has 2 aliphatic rings. The minimum Gasteiger partial charge on any atom is -0.378 e. The van der Waals surface area contributed by atoms with Crippen molar-refractivity contribution < 1.29 is 14.5 Å². The summed E-state index contributed by atoms with van der Waals surface area (Å²) in [5.41, 5.74) is 1.09. The third-order valence-electron chi connectivity index (χ3n) is 4.30. The fourth-order valence-electron chi connectivity index (χ4n) is 2.80. The first-order valence-electron chi connectivity index (χ1n) is 7.96. The first-order chi connectivity index (χ1) is 11.1. The Morgan fingerprint density at radius 2 is 1.91 bits per heavy atom. The van der Waals surface area contributed by atoms with Crippen LogP contribution in [0.3, 0.4) is 0 Å². The molecule has 23 heavy (non-hydrogen) atoms. The molecule has 1 saturated heterocycles. The summed E-state index contributed by atoms with van der Waals surface area (Å²) in [6.07, 6.45) is 2.23. The van der Waals surface area contributed by atoms with Crippen LogP contribution in [0.15, 0.2) is 24.3 Å². The van der Waals surface area contributed by atoms with Crippen LogP contribution in [0, 0.1) is 10.1 Å². The molecule has 7 nitrogen and oxygen atoms in total. The van der Waals surface area contributed by atoms with Gasteiger partial charge in [0.25, 0.3) is 5.69 Å². The Bertz CT molecular complexity index is 565. The SMILES string of the molecule is O=C(CN(Cc1ccc([N+](=O)[O-])cc1)C1CC1)N1CCOCC1. The molecule has 3 rings (SSSR count). The molecule has 1 heterocycles. The Balaban J connectivity index is 1.60. The van der Waals surface area contributed by atoms with E-state index in [0.29, 0.717) is 45.4 Å². The Labute approximate surface area is 135 Å². The number of benzene rings is 1. The van der Waals surface area contributed by atoms with Gasteiger partial charge >= 0.3 is 0 Å². The molecule has 0 unspecified atom stereocenters. The first-order valence-corrected chi connectivity index (χ1v) is 7.96. The summed E-state index contributed by atoms with van der Waals surface area (Å²) < 4.78 is 5.28. The van der Waals surface area contributed by atoms with E-state index in [0.717, 1.165) is 18.4 Å². The van der Waals surface area contributed by atoms with Crippen molar-refractivity contribution in [2.24, 2.45) is 0 Å². The molecule has 1 saturated carbocycles. The number of non-ortho nitro benzene ring substituents is 1. The number of ether oxygens (including phenoxy) is 1. The summed E-state index contributed by atoms with van der Waals surface area (Å²) in [5, 5.41) is 10.7. The van der Waals surface area contributed by atoms with Crippen molar-refractivity contribution in [3.8, 4) is 0 Å². The maximum absolute atomic E-state index is 12.4. The molecule has 1 aromatic carbocycles. The molecule has 1 aliphatic carbocycles. The van der Waals surface area contributed by atoms with Crippen molar-refractivity contribution in [3.63, 3.8) is 0 Å². The lowest BCUT2D eigenvalue weighted by molar-refractivity contribution is -0.384. The lowest BCUT2D eigenvalue weighted by Gasteiger charge is -2.30. The molecule has 7 heteroatoms. The highest BCUT2D eigenvalue weighted by molar-refractivity contribution is 5.78. The van der Waals surface area contributed by atoms with Crippen LogP contribution in [-0.2, 0) is 16.1 Å². The van der Waals surface area contributed by atoms with Crippen molar-refractivity contribution in [2.75, 3.05) is 32.8 Å². The van der Waals surface area contributed by atoms with Crippen LogP contribution in [0.1, 0.15) is 18.4 Å². The van der Waals surface area contributed by atoms with Crippen LogP contribution >= 0.6 is 0 Å². The normalized spacial score (nSPS) is 18.2. The highest BCUT2D eigenvalue weighted by Gasteiger charge is 2.31. The molecule has 1 aromatic rings. The quantitative estimate of drug-likeness (QED) is 0.585. The first kappa shape index (κ1) is 15.9. The van der Waals surface area contributed by atoms with Crippen LogP contribution < -0.4 is 0 Å². The largest absolute Gasteiger partial charge is 0.378 e. The Morgan fingerprint density at radius 3 is 2.48 bits per heavy atom. The molecule has 0 aromatic heterocycles. The second kappa shape index (κ2) is 7.06. The minimum atomic E-state index is -0.398. The second-order valence-corrected chi connectivity index (χ2v) is 6.05. The third-order valence-corrected chi connectivity index (χ3v) is 4.30.